The van der Waals surface area contributed by atoms with E-state index in [-0.39, 0.29) is 30.6 Å². The molecule has 134 valence electrons. The SMILES string of the molecule is CCOC(=O)CCC(=O)N1CCC(c2nnc(-c3ccco3)o2)CC1. The lowest BCUT2D eigenvalue weighted by Gasteiger charge is -2.30. The maximum Gasteiger partial charge on any atom is 0.306 e. The average molecular weight is 347 g/mol. The third-order valence-electron chi connectivity index (χ3n) is 4.22. The standard InChI is InChI=1S/C17H21N3O5/c1-2-23-15(22)6-5-14(21)20-9-7-12(8-10-20)16-18-19-17(25-16)13-4-3-11-24-13/h3-4,11-12H,2,5-10H2,1H3. The molecule has 2 aromatic rings. The molecular weight excluding hydrogens is 326 g/mol. The van der Waals surface area contributed by atoms with Crippen molar-refractivity contribution < 1.29 is 23.2 Å². The highest BCUT2D eigenvalue weighted by Gasteiger charge is 2.28. The number of carbonyl (C=O) groups excluding carboxylic acids is 2. The van der Waals surface area contributed by atoms with Gasteiger partial charge < -0.3 is 18.5 Å². The summed E-state index contributed by atoms with van der Waals surface area (Å²) < 4.78 is 15.8. The van der Waals surface area contributed by atoms with E-state index in [1.165, 1.54) is 0 Å². The van der Waals surface area contributed by atoms with Crippen LogP contribution in [0.3, 0.4) is 0 Å². The summed E-state index contributed by atoms with van der Waals surface area (Å²) in [5.74, 6) is 1.27. The van der Waals surface area contributed by atoms with E-state index in [1.807, 2.05) is 0 Å². The zero-order valence-electron chi connectivity index (χ0n) is 14.1. The number of amides is 1. The Labute approximate surface area is 145 Å². The normalized spacial score (nSPS) is 15.3. The number of piperidine rings is 1. The Bertz CT molecular complexity index is 702. The molecule has 0 N–H and O–H groups in total. The molecule has 0 aliphatic carbocycles. The molecule has 0 atom stereocenters. The minimum atomic E-state index is -0.331. The summed E-state index contributed by atoms with van der Waals surface area (Å²) in [4.78, 5) is 25.3. The summed E-state index contributed by atoms with van der Waals surface area (Å²) in [6.07, 6.45) is 3.38. The summed E-state index contributed by atoms with van der Waals surface area (Å²) in [6.45, 7) is 3.32. The molecule has 1 fully saturated rings. The Morgan fingerprint density at radius 1 is 1.28 bits per heavy atom. The van der Waals surface area contributed by atoms with Gasteiger partial charge in [0.15, 0.2) is 5.76 Å². The first-order valence-electron chi connectivity index (χ1n) is 8.48. The van der Waals surface area contributed by atoms with E-state index in [0.29, 0.717) is 37.2 Å². The summed E-state index contributed by atoms with van der Waals surface area (Å²) in [6, 6.07) is 3.53. The van der Waals surface area contributed by atoms with Gasteiger partial charge in [-0.15, -0.1) is 10.2 Å². The number of carbonyl (C=O) groups is 2. The highest BCUT2D eigenvalue weighted by molar-refractivity contribution is 5.81. The lowest BCUT2D eigenvalue weighted by atomic mass is 9.96. The van der Waals surface area contributed by atoms with E-state index in [2.05, 4.69) is 10.2 Å². The minimum Gasteiger partial charge on any atom is -0.466 e. The highest BCUT2D eigenvalue weighted by atomic mass is 16.5. The first-order chi connectivity index (χ1) is 12.2. The molecule has 1 saturated heterocycles. The third kappa shape index (κ3) is 4.26. The molecule has 8 nitrogen and oxygen atoms in total. The van der Waals surface area contributed by atoms with Gasteiger partial charge in [0.2, 0.25) is 11.8 Å². The van der Waals surface area contributed by atoms with E-state index < -0.39 is 0 Å². The molecule has 0 aromatic carbocycles. The lowest BCUT2D eigenvalue weighted by molar-refractivity contribution is -0.145. The van der Waals surface area contributed by atoms with Crippen molar-refractivity contribution in [2.45, 2.75) is 38.5 Å². The summed E-state index contributed by atoms with van der Waals surface area (Å²) >= 11 is 0. The number of esters is 1. The molecule has 1 aliphatic rings. The van der Waals surface area contributed by atoms with E-state index in [1.54, 1.807) is 30.2 Å². The van der Waals surface area contributed by atoms with Crippen LogP contribution in [-0.4, -0.2) is 46.7 Å². The van der Waals surface area contributed by atoms with Crippen molar-refractivity contribution in [1.82, 2.24) is 15.1 Å². The van der Waals surface area contributed by atoms with Gasteiger partial charge in [0, 0.05) is 25.4 Å². The maximum absolute atomic E-state index is 12.2. The van der Waals surface area contributed by atoms with Crippen LogP contribution in [0.25, 0.3) is 11.7 Å². The van der Waals surface area contributed by atoms with E-state index in [0.717, 1.165) is 12.8 Å². The predicted molar refractivity (Wildman–Crippen MR) is 86.4 cm³/mol. The molecule has 8 heteroatoms. The lowest BCUT2D eigenvalue weighted by Crippen LogP contribution is -2.38. The summed E-state index contributed by atoms with van der Waals surface area (Å²) in [5.41, 5.74) is 0. The molecule has 3 rings (SSSR count). The highest BCUT2D eigenvalue weighted by Crippen LogP contribution is 2.29. The van der Waals surface area contributed by atoms with Gasteiger partial charge in [-0.3, -0.25) is 9.59 Å². The van der Waals surface area contributed by atoms with Gasteiger partial charge in [-0.2, -0.15) is 0 Å². The Morgan fingerprint density at radius 2 is 2.08 bits per heavy atom. The van der Waals surface area contributed by atoms with Crippen molar-refractivity contribution in [3.63, 3.8) is 0 Å². The van der Waals surface area contributed by atoms with Crippen molar-refractivity contribution in [1.29, 1.82) is 0 Å². The first-order valence-corrected chi connectivity index (χ1v) is 8.48. The number of hydrogen-bond acceptors (Lipinski definition) is 7. The molecule has 2 aromatic heterocycles. The molecule has 1 aliphatic heterocycles. The van der Waals surface area contributed by atoms with Crippen LogP contribution in [0.15, 0.2) is 27.2 Å². The molecule has 0 unspecified atom stereocenters. The maximum atomic E-state index is 12.2. The van der Waals surface area contributed by atoms with Gasteiger partial charge in [0.25, 0.3) is 5.89 Å². The second-order valence-corrected chi connectivity index (χ2v) is 5.88. The topological polar surface area (TPSA) is 98.7 Å². The zero-order chi connectivity index (χ0) is 17.6. The second-order valence-electron chi connectivity index (χ2n) is 5.88. The van der Waals surface area contributed by atoms with Crippen LogP contribution in [0.5, 0.6) is 0 Å². The fraction of sp³-hybridized carbons (Fsp3) is 0.529. The Hall–Kier alpha value is -2.64. The van der Waals surface area contributed by atoms with Crippen molar-refractivity contribution in [2.75, 3.05) is 19.7 Å². The van der Waals surface area contributed by atoms with E-state index >= 15 is 0 Å². The number of hydrogen-bond donors (Lipinski definition) is 0. The van der Waals surface area contributed by atoms with Gasteiger partial charge in [0.05, 0.1) is 19.3 Å². The number of rotatable bonds is 6. The summed E-state index contributed by atoms with van der Waals surface area (Å²) in [7, 11) is 0. The van der Waals surface area contributed by atoms with Crippen LogP contribution < -0.4 is 0 Å². The van der Waals surface area contributed by atoms with E-state index in [9.17, 15) is 9.59 Å². The Balaban J connectivity index is 1.48. The van der Waals surface area contributed by atoms with Crippen LogP contribution >= 0.6 is 0 Å². The van der Waals surface area contributed by atoms with Crippen molar-refractivity contribution in [3.8, 4) is 11.7 Å². The van der Waals surface area contributed by atoms with Gasteiger partial charge in [-0.25, -0.2) is 0 Å². The average Bonchev–Trinajstić information content (AvgIpc) is 3.31. The number of nitrogens with zero attached hydrogens (tertiary/aromatic N) is 3. The molecule has 0 spiro atoms. The van der Waals surface area contributed by atoms with Crippen LogP contribution in [-0.2, 0) is 14.3 Å². The number of ether oxygens (including phenoxy) is 1. The predicted octanol–water partition coefficient (Wildman–Crippen LogP) is 2.38. The fourth-order valence-electron chi connectivity index (χ4n) is 2.88. The number of aromatic nitrogens is 2. The molecule has 25 heavy (non-hydrogen) atoms. The first kappa shape index (κ1) is 17.2. The van der Waals surface area contributed by atoms with Crippen molar-refractivity contribution in [3.05, 3.63) is 24.3 Å². The molecule has 1 amide bonds. The van der Waals surface area contributed by atoms with Gasteiger partial charge in [-0.05, 0) is 31.9 Å². The van der Waals surface area contributed by atoms with Crippen LogP contribution in [0.2, 0.25) is 0 Å². The molecular formula is C17H21N3O5. The third-order valence-corrected chi connectivity index (χ3v) is 4.22. The Kier molecular flexibility index (Phi) is 5.47. The van der Waals surface area contributed by atoms with Crippen molar-refractivity contribution >= 4 is 11.9 Å². The zero-order valence-corrected chi connectivity index (χ0v) is 14.1. The number of likely N-dealkylation sites (tertiary alicyclic amines) is 1. The van der Waals surface area contributed by atoms with Crippen molar-refractivity contribution in [2.24, 2.45) is 0 Å². The fourth-order valence-corrected chi connectivity index (χ4v) is 2.88. The molecule has 0 bridgehead atoms. The Morgan fingerprint density at radius 3 is 2.76 bits per heavy atom. The molecule has 0 saturated carbocycles. The van der Waals surface area contributed by atoms with Crippen LogP contribution in [0.4, 0.5) is 0 Å². The molecule has 3 heterocycles. The smallest absolute Gasteiger partial charge is 0.306 e. The summed E-state index contributed by atoms with van der Waals surface area (Å²) in [5, 5.41) is 8.12. The van der Waals surface area contributed by atoms with E-state index in [4.69, 9.17) is 13.6 Å². The quantitative estimate of drug-likeness (QED) is 0.740. The second kappa shape index (κ2) is 7.96. The van der Waals surface area contributed by atoms with Gasteiger partial charge in [0.1, 0.15) is 0 Å². The number of furan rings is 1. The molecule has 0 radical (unpaired) electrons. The van der Waals surface area contributed by atoms with Gasteiger partial charge >= 0.3 is 5.97 Å². The van der Waals surface area contributed by atoms with Gasteiger partial charge in [-0.1, -0.05) is 0 Å². The largest absolute Gasteiger partial charge is 0.466 e. The monoisotopic (exact) mass is 347 g/mol. The van der Waals surface area contributed by atoms with Crippen LogP contribution in [0.1, 0.15) is 44.4 Å². The van der Waals surface area contributed by atoms with Crippen LogP contribution in [0, 0.1) is 0 Å². The minimum absolute atomic E-state index is 0.0201.